The average Bonchev–Trinajstić information content (AvgIpc) is 4.05. The van der Waals surface area contributed by atoms with Gasteiger partial charge in [0, 0.05) is 24.3 Å². The normalized spacial score (nSPS) is 18.6. The van der Waals surface area contributed by atoms with Crippen molar-refractivity contribution in [1.82, 2.24) is 34.6 Å². The second-order valence-corrected chi connectivity index (χ2v) is 15.7. The van der Waals surface area contributed by atoms with E-state index in [4.69, 9.17) is 9.97 Å². The van der Waals surface area contributed by atoms with Gasteiger partial charge in [0.05, 0.1) is 35.2 Å². The molecule has 0 saturated carbocycles. The molecule has 2 N–H and O–H groups in total. The zero-order chi connectivity index (χ0) is 38.2. The van der Waals surface area contributed by atoms with Crippen LogP contribution in [0.1, 0.15) is 98.1 Å². The van der Waals surface area contributed by atoms with Crippen LogP contribution in [0.15, 0.2) is 97.1 Å². The molecule has 2 saturated heterocycles. The number of nitrogens with zero attached hydrogens (tertiary/aromatic N) is 5. The van der Waals surface area contributed by atoms with Crippen LogP contribution in [0.2, 0.25) is 0 Å². The molecule has 4 aromatic carbocycles. The summed E-state index contributed by atoms with van der Waals surface area (Å²) in [4.78, 5) is 51.8. The molecule has 4 heterocycles. The molecule has 286 valence electrons. The van der Waals surface area contributed by atoms with Crippen molar-refractivity contribution in [3.63, 3.8) is 0 Å². The zero-order valence-corrected chi connectivity index (χ0v) is 32.5. The number of likely N-dealkylation sites (tertiary alicyclic amines) is 2. The number of carbonyl (C=O) groups excluding carboxylic acids is 2. The van der Waals surface area contributed by atoms with Gasteiger partial charge in [0.2, 0.25) is 11.8 Å². The first-order valence-corrected chi connectivity index (χ1v) is 20.6. The minimum Gasteiger partial charge on any atom is -0.344 e. The lowest BCUT2D eigenvalue weighted by Gasteiger charge is -2.34. The number of amides is 2. The lowest BCUT2D eigenvalue weighted by molar-refractivity contribution is -0.138. The highest BCUT2D eigenvalue weighted by Gasteiger charge is 2.39. The second-order valence-electron chi connectivity index (χ2n) is 15.7. The smallest absolute Gasteiger partial charge is 0.245 e. The van der Waals surface area contributed by atoms with Gasteiger partial charge in [-0.25, -0.2) is 9.97 Å². The van der Waals surface area contributed by atoms with E-state index < -0.39 is 0 Å². The number of rotatable bonds is 10. The van der Waals surface area contributed by atoms with E-state index in [1.807, 2.05) is 53.4 Å². The lowest BCUT2D eigenvalue weighted by atomic mass is 9.96. The fourth-order valence-corrected chi connectivity index (χ4v) is 9.45. The molecule has 9 nitrogen and oxygen atoms in total. The van der Waals surface area contributed by atoms with Crippen molar-refractivity contribution in [2.75, 3.05) is 26.2 Å². The van der Waals surface area contributed by atoms with Crippen molar-refractivity contribution < 1.29 is 9.59 Å². The van der Waals surface area contributed by atoms with Crippen LogP contribution >= 0.6 is 0 Å². The SMILES string of the molecule is CCN(CC)[C@@H](C(=O)N1CCC[C@H]1c1nc2c([nH]1)CCCc1cc(-c3ccc4nc([C@@H]5CCCN5C(=O)Cc5ccccc5)[nH]c4c3)ccc1-2)c1ccccc1. The predicted molar refractivity (Wildman–Crippen MR) is 221 cm³/mol. The average molecular weight is 746 g/mol. The monoisotopic (exact) mass is 745 g/mol. The summed E-state index contributed by atoms with van der Waals surface area (Å²) in [5.74, 6) is 2.09. The van der Waals surface area contributed by atoms with Gasteiger partial charge in [0.25, 0.3) is 0 Å². The van der Waals surface area contributed by atoms with Gasteiger partial charge < -0.3 is 19.8 Å². The second kappa shape index (κ2) is 15.5. The Hall–Kier alpha value is -5.54. The Labute approximate surface area is 329 Å². The summed E-state index contributed by atoms with van der Waals surface area (Å²) in [6.07, 6.45) is 7.10. The van der Waals surface area contributed by atoms with E-state index in [1.165, 1.54) is 16.8 Å². The summed E-state index contributed by atoms with van der Waals surface area (Å²) in [6.45, 7) is 7.38. The molecule has 2 fully saturated rings. The number of imidazole rings is 2. The van der Waals surface area contributed by atoms with Gasteiger partial charge in [-0.3, -0.25) is 14.5 Å². The van der Waals surface area contributed by atoms with Gasteiger partial charge in [-0.05, 0) is 98.0 Å². The number of benzene rings is 4. The fraction of sp³-hybridized carbons (Fsp3) is 0.362. The van der Waals surface area contributed by atoms with Gasteiger partial charge in [0.15, 0.2) is 0 Å². The molecule has 2 amide bonds. The van der Waals surface area contributed by atoms with Crippen LogP contribution in [0.25, 0.3) is 33.4 Å². The molecule has 0 unspecified atom stereocenters. The number of aryl methyl sites for hydroxylation is 2. The van der Waals surface area contributed by atoms with Crippen molar-refractivity contribution >= 4 is 22.8 Å². The number of aromatic amines is 2. The molecular weight excluding hydrogens is 695 g/mol. The number of likely N-dealkylation sites (N-methyl/N-ethyl adjacent to an activating group) is 1. The Kier molecular flexibility index (Phi) is 10.0. The zero-order valence-electron chi connectivity index (χ0n) is 32.5. The van der Waals surface area contributed by atoms with E-state index in [1.54, 1.807) is 0 Å². The van der Waals surface area contributed by atoms with Crippen LogP contribution < -0.4 is 0 Å². The van der Waals surface area contributed by atoms with Crippen LogP contribution in [-0.2, 0) is 28.9 Å². The molecule has 3 aliphatic rings. The maximum absolute atomic E-state index is 14.4. The maximum Gasteiger partial charge on any atom is 0.245 e. The highest BCUT2D eigenvalue weighted by Crippen LogP contribution is 2.40. The first-order valence-electron chi connectivity index (χ1n) is 20.6. The number of hydrogen-bond acceptors (Lipinski definition) is 5. The summed E-state index contributed by atoms with van der Waals surface area (Å²) < 4.78 is 0. The molecule has 2 aromatic heterocycles. The molecule has 9 rings (SSSR count). The fourth-order valence-electron chi connectivity index (χ4n) is 9.45. The first-order chi connectivity index (χ1) is 27.5. The standard InChI is InChI=1S/C47H51N7O2/c1-3-52(4-2)44(32-16-9-6-10-17-32)47(56)54-27-13-21-41(54)46-49-38-19-11-18-35-29-33(22-24-36(35)43(38)51-46)34-23-25-37-39(30-34)50-45(48-37)40-20-12-26-53(40)42(55)28-31-14-7-5-8-15-31/h5-10,14-17,22-25,29-30,40-41,44H,3-4,11-13,18-21,26-28H2,1-2H3,(H,48,50)(H,49,51)/t40-,41-,44+/m0/s1. The Balaban J connectivity index is 0.958. The Morgan fingerprint density at radius 2 is 1.43 bits per heavy atom. The quantitative estimate of drug-likeness (QED) is 0.146. The van der Waals surface area contributed by atoms with E-state index in [0.717, 1.165) is 122 Å². The molecule has 3 atom stereocenters. The number of hydrogen-bond donors (Lipinski definition) is 2. The number of H-pyrrole nitrogens is 2. The summed E-state index contributed by atoms with van der Waals surface area (Å²) in [5, 5.41) is 0. The van der Waals surface area contributed by atoms with E-state index in [0.29, 0.717) is 6.42 Å². The van der Waals surface area contributed by atoms with Gasteiger partial charge in [-0.15, -0.1) is 0 Å². The van der Waals surface area contributed by atoms with Crippen LogP contribution in [0.4, 0.5) is 0 Å². The maximum atomic E-state index is 14.4. The Bertz CT molecular complexity index is 2340. The van der Waals surface area contributed by atoms with Crippen molar-refractivity contribution in [2.45, 2.75) is 83.3 Å². The summed E-state index contributed by atoms with van der Waals surface area (Å²) in [6, 6.07) is 33.0. The van der Waals surface area contributed by atoms with E-state index >= 15 is 0 Å². The van der Waals surface area contributed by atoms with Crippen LogP contribution in [0, 0.1) is 0 Å². The molecule has 0 radical (unpaired) electrons. The summed E-state index contributed by atoms with van der Waals surface area (Å²) in [5.41, 5.74) is 11.0. The highest BCUT2D eigenvalue weighted by atomic mass is 16.2. The first kappa shape index (κ1) is 36.1. The number of fused-ring (bicyclic) bond motifs is 4. The Morgan fingerprint density at radius 3 is 2.20 bits per heavy atom. The summed E-state index contributed by atoms with van der Waals surface area (Å²) in [7, 11) is 0. The van der Waals surface area contributed by atoms with Crippen molar-refractivity contribution in [2.24, 2.45) is 0 Å². The topological polar surface area (TPSA) is 101 Å². The molecule has 56 heavy (non-hydrogen) atoms. The highest BCUT2D eigenvalue weighted by molar-refractivity contribution is 5.85. The van der Waals surface area contributed by atoms with Crippen molar-refractivity contribution in [3.8, 4) is 22.4 Å². The van der Waals surface area contributed by atoms with Crippen LogP contribution in [0.3, 0.4) is 0 Å². The third-order valence-electron chi connectivity index (χ3n) is 12.3. The molecule has 9 heteroatoms. The minimum absolute atomic E-state index is 0.0374. The molecule has 0 bridgehead atoms. The third kappa shape index (κ3) is 6.83. The number of nitrogens with one attached hydrogen (secondary N) is 2. The number of aromatic nitrogens is 4. The number of carbonyl (C=O) groups is 2. The molecule has 1 aliphatic carbocycles. The molecule has 6 aromatic rings. The van der Waals surface area contributed by atoms with Gasteiger partial charge in [-0.2, -0.15) is 0 Å². The van der Waals surface area contributed by atoms with E-state index in [-0.39, 0.29) is 29.9 Å². The van der Waals surface area contributed by atoms with Gasteiger partial charge in [0.1, 0.15) is 17.7 Å². The van der Waals surface area contributed by atoms with Gasteiger partial charge >= 0.3 is 0 Å². The molecular formula is C47H51N7O2. The third-order valence-corrected chi connectivity index (χ3v) is 12.3. The van der Waals surface area contributed by atoms with E-state index in [2.05, 4.69) is 82.1 Å². The van der Waals surface area contributed by atoms with E-state index in [9.17, 15) is 9.59 Å². The summed E-state index contributed by atoms with van der Waals surface area (Å²) >= 11 is 0. The molecule has 0 spiro atoms. The van der Waals surface area contributed by atoms with Crippen LogP contribution in [-0.4, -0.2) is 72.6 Å². The largest absolute Gasteiger partial charge is 0.344 e. The predicted octanol–water partition coefficient (Wildman–Crippen LogP) is 8.76. The molecule has 2 aliphatic heterocycles. The van der Waals surface area contributed by atoms with Crippen LogP contribution in [0.5, 0.6) is 0 Å². The van der Waals surface area contributed by atoms with Crippen molar-refractivity contribution in [3.05, 3.63) is 131 Å². The van der Waals surface area contributed by atoms with Crippen molar-refractivity contribution in [1.29, 1.82) is 0 Å². The minimum atomic E-state index is -0.308. The Morgan fingerprint density at radius 1 is 0.750 bits per heavy atom. The van der Waals surface area contributed by atoms with Gasteiger partial charge in [-0.1, -0.05) is 98.8 Å². The lowest BCUT2D eigenvalue weighted by Crippen LogP contribution is -2.43.